The maximum atomic E-state index is 10.5. The monoisotopic (exact) mass is 665 g/mol. The van der Waals surface area contributed by atoms with Gasteiger partial charge in [0.15, 0.2) is 0 Å². The normalized spacial score (nSPS) is 27.6. The van der Waals surface area contributed by atoms with Crippen molar-refractivity contribution in [2.75, 3.05) is 0 Å². The van der Waals surface area contributed by atoms with E-state index in [1.807, 2.05) is 12.3 Å². The third kappa shape index (κ3) is 6.27. The van der Waals surface area contributed by atoms with Crippen molar-refractivity contribution in [1.82, 2.24) is 4.98 Å². The molecular weight excluding hydrogens is 623 g/mol. The van der Waals surface area contributed by atoms with Crippen molar-refractivity contribution in [2.45, 2.75) is 78.9 Å². The first kappa shape index (κ1) is 29.0. The first-order valence-electron chi connectivity index (χ1n) is 13.5. The van der Waals surface area contributed by atoms with Crippen molar-refractivity contribution in [1.29, 1.82) is 0 Å². The molecule has 3 nitrogen and oxygen atoms in total. The molecule has 2 aliphatic carbocycles. The Morgan fingerprint density at radius 2 is 1.78 bits per heavy atom. The summed E-state index contributed by atoms with van der Waals surface area (Å²) in [6, 6.07) is 18.0. The fourth-order valence-corrected chi connectivity index (χ4v) is 6.60. The van der Waals surface area contributed by atoms with Gasteiger partial charge in [0.2, 0.25) is 0 Å². The second kappa shape index (κ2) is 12.8. The molecule has 1 heterocycles. The van der Waals surface area contributed by atoms with Gasteiger partial charge in [-0.2, -0.15) is 0 Å². The molecule has 1 aromatic heterocycles. The van der Waals surface area contributed by atoms with Crippen molar-refractivity contribution in [2.24, 2.45) is 29.6 Å². The van der Waals surface area contributed by atoms with Gasteiger partial charge in [0.25, 0.3) is 0 Å². The van der Waals surface area contributed by atoms with Crippen LogP contribution in [-0.4, -0.2) is 27.4 Å². The number of aliphatic hydroxyl groups excluding tert-OH is 2. The van der Waals surface area contributed by atoms with Crippen LogP contribution >= 0.6 is 0 Å². The molecular formula is C32H42IrNO2-. The molecule has 0 aliphatic heterocycles. The minimum Gasteiger partial charge on any atom is -0.392 e. The van der Waals surface area contributed by atoms with E-state index < -0.39 is 0 Å². The van der Waals surface area contributed by atoms with Gasteiger partial charge in [-0.05, 0) is 65.5 Å². The van der Waals surface area contributed by atoms with Gasteiger partial charge in [0.05, 0.1) is 12.2 Å². The van der Waals surface area contributed by atoms with Crippen LogP contribution in [0.2, 0.25) is 0 Å². The maximum Gasteiger partial charge on any atom is 0.0626 e. The number of hydrogen-bond donors (Lipinski definition) is 2. The summed E-state index contributed by atoms with van der Waals surface area (Å²) in [4.78, 5) is 4.53. The van der Waals surface area contributed by atoms with E-state index in [9.17, 15) is 10.2 Å². The first-order chi connectivity index (χ1) is 16.8. The minimum atomic E-state index is -0.276. The number of aliphatic hydroxyl groups is 2. The van der Waals surface area contributed by atoms with E-state index in [-0.39, 0.29) is 38.2 Å². The molecule has 4 unspecified atom stereocenters. The van der Waals surface area contributed by atoms with Gasteiger partial charge in [0, 0.05) is 32.2 Å². The summed E-state index contributed by atoms with van der Waals surface area (Å²) in [7, 11) is 0. The standard InChI is InChI=1S/C17H14N.C15H28O2.Ir/c1-12-9-13(2)11-15(10-12)17-16-6-4-3-5-14(16)7-8-18-17;1-4-10-6-5-7-11-8-12(9(2)3)15(17)13(11)14(10)16;/h3-10H,1-2H3;9-17H,4-8H2,1-3H3;/q-1;;/t;10-,11?,12+,13?,14?,15?;/m.0./s1. The predicted molar refractivity (Wildman–Crippen MR) is 145 cm³/mol. The predicted octanol–water partition coefficient (Wildman–Crippen LogP) is 7.14. The van der Waals surface area contributed by atoms with Gasteiger partial charge in [-0.25, -0.2) is 0 Å². The fraction of sp³-hybridized carbons (Fsp3) is 0.531. The summed E-state index contributed by atoms with van der Waals surface area (Å²) in [6.45, 7) is 10.7. The van der Waals surface area contributed by atoms with Gasteiger partial charge in [-0.3, -0.25) is 0 Å². The Kier molecular flexibility index (Phi) is 10.3. The fourth-order valence-electron chi connectivity index (χ4n) is 6.60. The number of aryl methyl sites for hydroxylation is 2. The van der Waals surface area contributed by atoms with Crippen molar-refractivity contribution in [3.05, 3.63) is 65.9 Å². The summed E-state index contributed by atoms with van der Waals surface area (Å²) in [5.41, 5.74) is 4.49. The third-order valence-corrected chi connectivity index (χ3v) is 8.44. The Morgan fingerprint density at radius 3 is 2.47 bits per heavy atom. The second-order valence-electron chi connectivity index (χ2n) is 11.2. The Hall–Kier alpha value is -1.58. The van der Waals surface area contributed by atoms with Crippen LogP contribution in [0, 0.1) is 49.5 Å². The van der Waals surface area contributed by atoms with E-state index in [2.05, 4.69) is 82.1 Å². The minimum absolute atomic E-state index is 0. The number of aromatic nitrogens is 1. The van der Waals surface area contributed by atoms with Crippen molar-refractivity contribution in [3.63, 3.8) is 0 Å². The van der Waals surface area contributed by atoms with Crippen LogP contribution in [0.4, 0.5) is 0 Å². The van der Waals surface area contributed by atoms with E-state index in [0.29, 0.717) is 23.7 Å². The molecule has 0 bridgehead atoms. The molecule has 0 saturated heterocycles. The number of rotatable bonds is 3. The number of nitrogens with zero attached hydrogens (tertiary/aromatic N) is 1. The average Bonchev–Trinajstić information content (AvgIpc) is 3.07. The van der Waals surface area contributed by atoms with Crippen molar-refractivity contribution >= 4 is 10.8 Å². The molecule has 0 spiro atoms. The Labute approximate surface area is 231 Å². The van der Waals surface area contributed by atoms with Gasteiger partial charge >= 0.3 is 0 Å². The molecule has 2 N–H and O–H groups in total. The van der Waals surface area contributed by atoms with E-state index in [1.165, 1.54) is 29.2 Å². The number of fused-ring (bicyclic) bond motifs is 2. The van der Waals surface area contributed by atoms with Crippen LogP contribution in [0.25, 0.3) is 22.0 Å². The van der Waals surface area contributed by atoms with Crippen LogP contribution in [0.1, 0.15) is 64.0 Å². The van der Waals surface area contributed by atoms with E-state index >= 15 is 0 Å². The molecule has 4 heteroatoms. The Morgan fingerprint density at radius 1 is 1.03 bits per heavy atom. The van der Waals surface area contributed by atoms with Crippen LogP contribution in [0.15, 0.2) is 48.7 Å². The summed E-state index contributed by atoms with van der Waals surface area (Å²) < 4.78 is 0. The van der Waals surface area contributed by atoms with Gasteiger partial charge in [-0.1, -0.05) is 71.7 Å². The zero-order valence-electron chi connectivity index (χ0n) is 22.4. The third-order valence-electron chi connectivity index (χ3n) is 8.44. The zero-order chi connectivity index (χ0) is 25.1. The molecule has 6 atom stereocenters. The molecule has 2 fully saturated rings. The van der Waals surface area contributed by atoms with E-state index in [0.717, 1.165) is 36.1 Å². The number of benzene rings is 2. The average molecular weight is 665 g/mol. The summed E-state index contributed by atoms with van der Waals surface area (Å²) in [5.74, 6) is 2.05. The Balaban J connectivity index is 0.000000196. The van der Waals surface area contributed by atoms with E-state index in [1.54, 1.807) is 0 Å². The van der Waals surface area contributed by atoms with E-state index in [4.69, 9.17) is 0 Å². The topological polar surface area (TPSA) is 53.4 Å². The first-order valence-corrected chi connectivity index (χ1v) is 13.5. The molecule has 1 radical (unpaired) electrons. The molecule has 3 aromatic rings. The molecule has 36 heavy (non-hydrogen) atoms. The quantitative estimate of drug-likeness (QED) is 0.293. The van der Waals surface area contributed by atoms with Gasteiger partial charge < -0.3 is 15.2 Å². The van der Waals surface area contributed by atoms with Gasteiger partial charge in [-0.15, -0.1) is 34.9 Å². The summed E-state index contributed by atoms with van der Waals surface area (Å²) >= 11 is 0. The maximum absolute atomic E-state index is 10.5. The summed E-state index contributed by atoms with van der Waals surface area (Å²) in [6.07, 6.45) is 7.06. The zero-order valence-corrected chi connectivity index (χ0v) is 24.8. The summed E-state index contributed by atoms with van der Waals surface area (Å²) in [5, 5.41) is 23.4. The van der Waals surface area contributed by atoms with Gasteiger partial charge in [0.1, 0.15) is 0 Å². The molecule has 2 saturated carbocycles. The molecule has 2 aromatic carbocycles. The van der Waals surface area contributed by atoms with Crippen LogP contribution in [0.3, 0.4) is 0 Å². The van der Waals surface area contributed by atoms with Crippen molar-refractivity contribution in [3.8, 4) is 11.3 Å². The largest absolute Gasteiger partial charge is 0.392 e. The smallest absolute Gasteiger partial charge is 0.0626 e. The van der Waals surface area contributed by atoms with Crippen LogP contribution < -0.4 is 0 Å². The molecule has 197 valence electrons. The number of hydrogen-bond acceptors (Lipinski definition) is 3. The van der Waals surface area contributed by atoms with Crippen LogP contribution in [0.5, 0.6) is 0 Å². The van der Waals surface area contributed by atoms with Crippen LogP contribution in [-0.2, 0) is 20.1 Å². The van der Waals surface area contributed by atoms with Crippen molar-refractivity contribution < 1.29 is 30.3 Å². The molecule has 5 rings (SSSR count). The molecule has 2 aliphatic rings. The number of pyridine rings is 1. The SMILES string of the molecule is CC[C@H]1CCCC2C[C@H](C(C)C)C(O)C2C1O.Cc1[c-]c(-c2nccc3ccccc23)cc(C)c1.[Ir]. The second-order valence-corrected chi connectivity index (χ2v) is 11.2. The Bertz CT molecular complexity index is 1100. The molecule has 0 amide bonds.